The minimum absolute atomic E-state index is 0.0706. The first-order valence-corrected chi connectivity index (χ1v) is 11.3. The summed E-state index contributed by atoms with van der Waals surface area (Å²) in [5.41, 5.74) is -0.370. The van der Waals surface area contributed by atoms with Crippen LogP contribution in [0, 0.1) is 5.92 Å². The van der Waals surface area contributed by atoms with Crippen molar-refractivity contribution in [3.05, 3.63) is 29.8 Å². The van der Waals surface area contributed by atoms with Gasteiger partial charge in [0.05, 0.1) is 7.11 Å². The van der Waals surface area contributed by atoms with Crippen molar-refractivity contribution < 1.29 is 33.8 Å². The molecule has 3 amide bonds. The fraction of sp³-hybridized carbons (Fsp3) is 0.583. The second-order valence-electron chi connectivity index (χ2n) is 9.64. The number of aromatic hydroxyl groups is 1. The molecule has 1 fully saturated rings. The maximum Gasteiger partial charge on any atom is 0.408 e. The zero-order valence-corrected chi connectivity index (χ0v) is 20.6. The number of phenolic OH excluding ortho intramolecular Hbond substituents is 1. The summed E-state index contributed by atoms with van der Waals surface area (Å²) < 4.78 is 9.92. The molecule has 1 aromatic rings. The van der Waals surface area contributed by atoms with Crippen molar-refractivity contribution in [2.75, 3.05) is 13.7 Å². The summed E-state index contributed by atoms with van der Waals surface area (Å²) in [7, 11) is 1.21. The van der Waals surface area contributed by atoms with Gasteiger partial charge >= 0.3 is 12.1 Å². The highest BCUT2D eigenvalue weighted by Gasteiger charge is 2.44. The number of alkyl carbamates (subject to hydrolysis) is 1. The molecule has 1 saturated carbocycles. The third-order valence-electron chi connectivity index (χ3n) is 5.15. The molecule has 0 bridgehead atoms. The number of carbonyl (C=O) groups excluding carboxylic acids is 4. The van der Waals surface area contributed by atoms with Crippen molar-refractivity contribution in [1.82, 2.24) is 15.5 Å². The van der Waals surface area contributed by atoms with Crippen LogP contribution < -0.4 is 10.6 Å². The molecule has 1 aliphatic carbocycles. The van der Waals surface area contributed by atoms with E-state index in [0.29, 0.717) is 18.4 Å². The monoisotopic (exact) mass is 477 g/mol. The Morgan fingerprint density at radius 1 is 1.18 bits per heavy atom. The number of nitrogens with one attached hydrogen (secondary N) is 2. The number of amides is 3. The van der Waals surface area contributed by atoms with Crippen LogP contribution in [0.25, 0.3) is 0 Å². The van der Waals surface area contributed by atoms with Gasteiger partial charge in [0.2, 0.25) is 11.8 Å². The number of nitrogens with zero attached hydrogens (tertiary/aromatic N) is 1. The summed E-state index contributed by atoms with van der Waals surface area (Å²) in [5, 5.41) is 15.2. The average molecular weight is 478 g/mol. The van der Waals surface area contributed by atoms with Gasteiger partial charge in [0, 0.05) is 6.04 Å². The SMILES string of the molecule is COC(=O)CNC(=O)C(c1cccc(O)c1)N(C(=O)C(NC(=O)OC(C)(C)C)C(C)C)C1CC1. The van der Waals surface area contributed by atoms with Crippen molar-refractivity contribution in [3.8, 4) is 5.75 Å². The van der Waals surface area contributed by atoms with Crippen LogP contribution in [0.2, 0.25) is 0 Å². The maximum absolute atomic E-state index is 13.8. The Balaban J connectivity index is 2.41. The van der Waals surface area contributed by atoms with E-state index in [1.807, 2.05) is 0 Å². The van der Waals surface area contributed by atoms with E-state index >= 15 is 0 Å². The molecule has 10 heteroatoms. The van der Waals surface area contributed by atoms with Gasteiger partial charge in [-0.3, -0.25) is 14.4 Å². The van der Waals surface area contributed by atoms with Crippen molar-refractivity contribution in [2.45, 2.75) is 71.2 Å². The Kier molecular flexibility index (Phi) is 8.89. The number of rotatable bonds is 9. The zero-order valence-electron chi connectivity index (χ0n) is 20.6. The highest BCUT2D eigenvalue weighted by molar-refractivity contribution is 5.93. The van der Waals surface area contributed by atoms with E-state index in [4.69, 9.17) is 4.74 Å². The molecule has 0 radical (unpaired) electrons. The lowest BCUT2D eigenvalue weighted by Crippen LogP contribution is -2.55. The van der Waals surface area contributed by atoms with E-state index < -0.39 is 41.6 Å². The molecule has 0 aromatic heterocycles. The van der Waals surface area contributed by atoms with Crippen LogP contribution in [-0.2, 0) is 23.9 Å². The molecule has 0 saturated heterocycles. The molecule has 0 aliphatic heterocycles. The Labute approximate surface area is 200 Å². The van der Waals surface area contributed by atoms with Gasteiger partial charge < -0.3 is 30.1 Å². The fourth-order valence-electron chi connectivity index (χ4n) is 3.44. The number of benzene rings is 1. The fourth-order valence-corrected chi connectivity index (χ4v) is 3.44. The predicted octanol–water partition coefficient (Wildman–Crippen LogP) is 2.26. The molecular weight excluding hydrogens is 442 g/mol. The first-order valence-electron chi connectivity index (χ1n) is 11.3. The molecule has 2 atom stereocenters. The quantitative estimate of drug-likeness (QED) is 0.465. The summed E-state index contributed by atoms with van der Waals surface area (Å²) in [4.78, 5) is 52.5. The molecule has 0 spiro atoms. The van der Waals surface area contributed by atoms with Crippen LogP contribution in [-0.4, -0.2) is 65.2 Å². The van der Waals surface area contributed by atoms with Crippen LogP contribution >= 0.6 is 0 Å². The number of hydrogen-bond acceptors (Lipinski definition) is 7. The van der Waals surface area contributed by atoms with Gasteiger partial charge in [0.15, 0.2) is 0 Å². The predicted molar refractivity (Wildman–Crippen MR) is 124 cm³/mol. The van der Waals surface area contributed by atoms with Crippen LogP contribution in [0.15, 0.2) is 24.3 Å². The van der Waals surface area contributed by atoms with Crippen LogP contribution in [0.4, 0.5) is 4.79 Å². The summed E-state index contributed by atoms with van der Waals surface area (Å²) >= 11 is 0. The first kappa shape index (κ1) is 26.9. The highest BCUT2D eigenvalue weighted by Crippen LogP contribution is 2.36. The Hall–Kier alpha value is -3.30. The normalized spacial score (nSPS) is 15.1. The van der Waals surface area contributed by atoms with E-state index in [1.165, 1.54) is 24.1 Å². The van der Waals surface area contributed by atoms with Gasteiger partial charge in [-0.25, -0.2) is 4.79 Å². The molecular formula is C24H35N3O7. The Morgan fingerprint density at radius 2 is 1.82 bits per heavy atom. The lowest BCUT2D eigenvalue weighted by atomic mass is 9.98. The summed E-state index contributed by atoms with van der Waals surface area (Å²) in [6.45, 7) is 8.36. The van der Waals surface area contributed by atoms with E-state index in [-0.39, 0.29) is 24.3 Å². The third kappa shape index (κ3) is 7.64. The molecule has 2 unspecified atom stereocenters. The van der Waals surface area contributed by atoms with Gasteiger partial charge in [0.25, 0.3) is 0 Å². The van der Waals surface area contributed by atoms with E-state index in [1.54, 1.807) is 46.8 Å². The first-order chi connectivity index (χ1) is 15.8. The molecule has 1 aromatic carbocycles. The second kappa shape index (κ2) is 11.2. The topological polar surface area (TPSA) is 134 Å². The molecule has 3 N–H and O–H groups in total. The number of methoxy groups -OCH3 is 1. The summed E-state index contributed by atoms with van der Waals surface area (Å²) in [6.07, 6.45) is 0.630. The number of ether oxygens (including phenoxy) is 2. The number of hydrogen-bond donors (Lipinski definition) is 3. The molecule has 2 rings (SSSR count). The lowest BCUT2D eigenvalue weighted by Gasteiger charge is -2.35. The minimum atomic E-state index is -1.13. The van der Waals surface area contributed by atoms with Crippen LogP contribution in [0.1, 0.15) is 59.1 Å². The van der Waals surface area contributed by atoms with E-state index in [2.05, 4.69) is 15.4 Å². The van der Waals surface area contributed by atoms with Gasteiger partial charge in [-0.05, 0) is 57.2 Å². The van der Waals surface area contributed by atoms with Crippen molar-refractivity contribution in [2.24, 2.45) is 5.92 Å². The second-order valence-corrected chi connectivity index (χ2v) is 9.64. The summed E-state index contributed by atoms with van der Waals surface area (Å²) in [5.74, 6) is -2.07. The van der Waals surface area contributed by atoms with Crippen LogP contribution in [0.3, 0.4) is 0 Å². The smallest absolute Gasteiger partial charge is 0.408 e. The zero-order chi connectivity index (χ0) is 25.6. The van der Waals surface area contributed by atoms with E-state index in [9.17, 15) is 24.3 Å². The van der Waals surface area contributed by atoms with Crippen molar-refractivity contribution in [1.29, 1.82) is 0 Å². The Morgan fingerprint density at radius 3 is 2.32 bits per heavy atom. The van der Waals surface area contributed by atoms with Crippen molar-refractivity contribution in [3.63, 3.8) is 0 Å². The molecule has 188 valence electrons. The highest BCUT2D eigenvalue weighted by atomic mass is 16.6. The Bertz CT molecular complexity index is 906. The van der Waals surface area contributed by atoms with Gasteiger partial charge in [-0.15, -0.1) is 0 Å². The maximum atomic E-state index is 13.8. The minimum Gasteiger partial charge on any atom is -0.508 e. The lowest BCUT2D eigenvalue weighted by molar-refractivity contribution is -0.145. The number of esters is 1. The largest absolute Gasteiger partial charge is 0.508 e. The molecule has 0 heterocycles. The standard InChI is InChI=1S/C24H35N3O7/c1-14(2)19(26-23(32)34-24(3,4)5)22(31)27(16-10-11-16)20(15-8-7-9-17(28)12-15)21(30)25-13-18(29)33-6/h7-9,12,14,16,19-20,28H,10-11,13H2,1-6H3,(H,25,30)(H,26,32). The number of carbonyl (C=O) groups is 4. The van der Waals surface area contributed by atoms with Crippen LogP contribution in [0.5, 0.6) is 5.75 Å². The average Bonchev–Trinajstić information content (AvgIpc) is 3.56. The molecule has 10 nitrogen and oxygen atoms in total. The summed E-state index contributed by atoms with van der Waals surface area (Å²) in [6, 6.07) is 3.73. The third-order valence-corrected chi connectivity index (χ3v) is 5.15. The molecule has 1 aliphatic rings. The van der Waals surface area contributed by atoms with Gasteiger partial charge in [-0.2, -0.15) is 0 Å². The van der Waals surface area contributed by atoms with E-state index in [0.717, 1.165) is 0 Å². The molecule has 34 heavy (non-hydrogen) atoms. The van der Waals surface area contributed by atoms with Gasteiger partial charge in [0.1, 0.15) is 30.0 Å². The van der Waals surface area contributed by atoms with Crippen molar-refractivity contribution >= 4 is 23.9 Å². The van der Waals surface area contributed by atoms with Gasteiger partial charge in [-0.1, -0.05) is 26.0 Å². The number of phenols is 1.